The Labute approximate surface area is 192 Å². The Morgan fingerprint density at radius 2 is 1.85 bits per heavy atom. The number of nitrogens with zero attached hydrogens (tertiary/aromatic N) is 3. The van der Waals surface area contributed by atoms with Gasteiger partial charge in [0, 0.05) is 40.9 Å². The van der Waals surface area contributed by atoms with Crippen LogP contribution in [0.2, 0.25) is 0 Å². The van der Waals surface area contributed by atoms with Gasteiger partial charge in [-0.1, -0.05) is 32.0 Å². The third kappa shape index (κ3) is 4.34. The van der Waals surface area contributed by atoms with Gasteiger partial charge in [0.25, 0.3) is 0 Å². The van der Waals surface area contributed by atoms with E-state index < -0.39 is 9.73 Å². The maximum absolute atomic E-state index is 13.6. The molecule has 168 valence electrons. The quantitative estimate of drug-likeness (QED) is 0.284. The first-order chi connectivity index (χ1) is 15.7. The average Bonchev–Trinajstić information content (AvgIpc) is 2.79. The van der Waals surface area contributed by atoms with Crippen LogP contribution in [0.4, 0.5) is 15.9 Å². The fourth-order valence-electron chi connectivity index (χ4n) is 3.71. The summed E-state index contributed by atoms with van der Waals surface area (Å²) in [4.78, 5) is 9.04. The number of anilines is 1. The Morgan fingerprint density at radius 3 is 2.45 bits per heavy atom. The second-order valence-electron chi connectivity index (χ2n) is 8.09. The van der Waals surface area contributed by atoms with Gasteiger partial charge >= 0.3 is 0 Å². The molecule has 0 aliphatic rings. The number of hydrogen-bond donors (Lipinski definition) is 2. The van der Waals surface area contributed by atoms with Crippen LogP contribution >= 0.6 is 0 Å². The third-order valence-electron chi connectivity index (χ3n) is 5.34. The fourth-order valence-corrected chi connectivity index (χ4v) is 4.86. The first kappa shape index (κ1) is 22.5. The minimum absolute atomic E-state index is 0.00727. The van der Waals surface area contributed by atoms with Crippen molar-refractivity contribution >= 4 is 38.2 Å². The molecule has 0 amide bonds. The highest BCUT2D eigenvalue weighted by Gasteiger charge is 2.20. The van der Waals surface area contributed by atoms with Gasteiger partial charge in [-0.15, -0.1) is 0 Å². The van der Waals surface area contributed by atoms with E-state index in [2.05, 4.69) is 9.35 Å². The van der Waals surface area contributed by atoms with E-state index in [1.165, 1.54) is 24.6 Å². The molecule has 0 saturated carbocycles. The molecule has 1 unspecified atom stereocenters. The summed E-state index contributed by atoms with van der Waals surface area (Å²) in [6, 6.07) is 14.9. The number of fused-ring (bicyclic) bond motifs is 1. The van der Waals surface area contributed by atoms with Crippen molar-refractivity contribution < 1.29 is 8.60 Å². The summed E-state index contributed by atoms with van der Waals surface area (Å²) in [5.41, 5.74) is 9.44. The second-order valence-corrected chi connectivity index (χ2v) is 10.3. The molecule has 0 spiro atoms. The number of rotatable bonds is 5. The standard InChI is InChI=1S/C25H24FN5OS/c1-15(2)24-23(16-7-9-18(26)10-8-16)19-12-17(14-27)21(28)13-20(19)25(30-24)31-33(3,32)22-6-4-5-11-29-22/h4-15,27H,28H2,1-3H3. The summed E-state index contributed by atoms with van der Waals surface area (Å²) >= 11 is 0. The van der Waals surface area contributed by atoms with Crippen LogP contribution in [-0.4, -0.2) is 26.6 Å². The van der Waals surface area contributed by atoms with E-state index in [0.29, 0.717) is 27.5 Å². The number of halogens is 1. The van der Waals surface area contributed by atoms with Gasteiger partial charge in [-0.3, -0.25) is 0 Å². The number of pyridine rings is 2. The van der Waals surface area contributed by atoms with E-state index in [-0.39, 0.29) is 11.7 Å². The molecular formula is C25H24FN5OS. The summed E-state index contributed by atoms with van der Waals surface area (Å²) in [6.45, 7) is 4.00. The number of benzene rings is 2. The molecule has 4 rings (SSSR count). The molecule has 4 aromatic rings. The molecular weight excluding hydrogens is 437 g/mol. The normalized spacial score (nSPS) is 13.1. The monoisotopic (exact) mass is 461 g/mol. The lowest BCUT2D eigenvalue weighted by Crippen LogP contribution is -2.04. The molecule has 0 radical (unpaired) electrons. The molecule has 2 aromatic carbocycles. The molecule has 0 bridgehead atoms. The number of nitrogens with one attached hydrogen (secondary N) is 1. The Kier molecular flexibility index (Phi) is 5.95. The number of aromatic nitrogens is 2. The highest BCUT2D eigenvalue weighted by atomic mass is 32.2. The van der Waals surface area contributed by atoms with Crippen molar-refractivity contribution in [2.24, 2.45) is 4.36 Å². The Hall–Kier alpha value is -3.65. The molecule has 2 heterocycles. The lowest BCUT2D eigenvalue weighted by atomic mass is 9.91. The van der Waals surface area contributed by atoms with Crippen LogP contribution in [0, 0.1) is 11.2 Å². The molecule has 33 heavy (non-hydrogen) atoms. The smallest absolute Gasteiger partial charge is 0.170 e. The molecule has 2 aromatic heterocycles. The Morgan fingerprint density at radius 1 is 1.12 bits per heavy atom. The number of nitrogens with two attached hydrogens (primary N) is 1. The largest absolute Gasteiger partial charge is 0.398 e. The third-order valence-corrected chi connectivity index (χ3v) is 6.88. The minimum Gasteiger partial charge on any atom is -0.398 e. The van der Waals surface area contributed by atoms with E-state index in [0.717, 1.165) is 22.2 Å². The van der Waals surface area contributed by atoms with Gasteiger partial charge < -0.3 is 11.1 Å². The lowest BCUT2D eigenvalue weighted by molar-refractivity contribution is 0.628. The van der Waals surface area contributed by atoms with Crippen molar-refractivity contribution in [2.75, 3.05) is 12.0 Å². The van der Waals surface area contributed by atoms with Gasteiger partial charge in [0.05, 0.1) is 15.4 Å². The predicted octanol–water partition coefficient (Wildman–Crippen LogP) is 5.93. The van der Waals surface area contributed by atoms with Crippen LogP contribution in [0.1, 0.15) is 31.0 Å². The van der Waals surface area contributed by atoms with Gasteiger partial charge in [0.2, 0.25) is 0 Å². The zero-order valence-corrected chi connectivity index (χ0v) is 19.4. The van der Waals surface area contributed by atoms with Gasteiger partial charge in [-0.25, -0.2) is 18.6 Å². The maximum atomic E-state index is 13.6. The second kappa shape index (κ2) is 8.71. The minimum atomic E-state index is -2.89. The number of hydrogen-bond acceptors (Lipinski definition) is 6. The molecule has 0 saturated heterocycles. The van der Waals surface area contributed by atoms with Crippen LogP contribution < -0.4 is 5.73 Å². The summed E-state index contributed by atoms with van der Waals surface area (Å²) in [7, 11) is -2.89. The predicted molar refractivity (Wildman–Crippen MR) is 132 cm³/mol. The average molecular weight is 462 g/mol. The van der Waals surface area contributed by atoms with Crippen LogP contribution in [-0.2, 0) is 9.73 Å². The maximum Gasteiger partial charge on any atom is 0.170 e. The molecule has 1 atom stereocenters. The first-order valence-corrected chi connectivity index (χ1v) is 12.3. The highest BCUT2D eigenvalue weighted by molar-refractivity contribution is 7.93. The van der Waals surface area contributed by atoms with E-state index in [1.807, 2.05) is 13.8 Å². The first-order valence-electron chi connectivity index (χ1n) is 10.4. The Bertz CT molecular complexity index is 1470. The van der Waals surface area contributed by atoms with Crippen molar-refractivity contribution in [1.29, 1.82) is 5.41 Å². The van der Waals surface area contributed by atoms with Crippen LogP contribution in [0.3, 0.4) is 0 Å². The van der Waals surface area contributed by atoms with E-state index in [4.69, 9.17) is 16.1 Å². The topological polar surface area (TPSA) is 105 Å². The van der Waals surface area contributed by atoms with Gasteiger partial charge in [-0.05, 0) is 53.3 Å². The van der Waals surface area contributed by atoms with E-state index in [9.17, 15) is 8.60 Å². The molecule has 3 N–H and O–H groups in total. The molecule has 6 nitrogen and oxygen atoms in total. The molecule has 0 fully saturated rings. The van der Waals surface area contributed by atoms with Gasteiger partial charge in [0.1, 0.15) is 10.8 Å². The van der Waals surface area contributed by atoms with Crippen molar-refractivity contribution in [1.82, 2.24) is 9.97 Å². The molecule has 0 aliphatic carbocycles. The van der Waals surface area contributed by atoms with Gasteiger partial charge in [0.15, 0.2) is 5.82 Å². The lowest BCUT2D eigenvalue weighted by Gasteiger charge is -2.18. The SMILES string of the molecule is CC(C)c1nc(N=S(C)(=O)c2ccccn2)c2cc(N)c(C=N)cc2c1-c1ccc(F)cc1. The fraction of sp³-hybridized carbons (Fsp3) is 0.160. The van der Waals surface area contributed by atoms with Crippen molar-refractivity contribution in [3.63, 3.8) is 0 Å². The van der Waals surface area contributed by atoms with E-state index in [1.54, 1.807) is 48.7 Å². The highest BCUT2D eigenvalue weighted by Crippen LogP contribution is 2.40. The van der Waals surface area contributed by atoms with Crippen LogP contribution in [0.25, 0.3) is 21.9 Å². The van der Waals surface area contributed by atoms with Crippen molar-refractivity contribution in [2.45, 2.75) is 24.8 Å². The summed E-state index contributed by atoms with van der Waals surface area (Å²) in [5, 5.41) is 9.48. The van der Waals surface area contributed by atoms with E-state index >= 15 is 0 Å². The summed E-state index contributed by atoms with van der Waals surface area (Å²) in [5.74, 6) is -0.0488. The Balaban J connectivity index is 2.14. The zero-order valence-electron chi connectivity index (χ0n) is 18.5. The van der Waals surface area contributed by atoms with Crippen LogP contribution in [0.15, 0.2) is 70.2 Å². The summed E-state index contributed by atoms with van der Waals surface area (Å²) < 4.78 is 31.7. The zero-order chi connectivity index (χ0) is 23.8. The molecule has 0 aliphatic heterocycles. The van der Waals surface area contributed by atoms with Crippen molar-refractivity contribution in [3.05, 3.63) is 77.9 Å². The molecule has 8 heteroatoms. The number of nitrogen functional groups attached to an aromatic ring is 1. The van der Waals surface area contributed by atoms with Crippen LogP contribution in [0.5, 0.6) is 0 Å². The van der Waals surface area contributed by atoms with Gasteiger partial charge in [-0.2, -0.15) is 4.36 Å². The van der Waals surface area contributed by atoms with Crippen molar-refractivity contribution in [3.8, 4) is 11.1 Å². The summed E-state index contributed by atoms with van der Waals surface area (Å²) in [6.07, 6.45) is 4.29.